The van der Waals surface area contributed by atoms with Gasteiger partial charge in [0.05, 0.1) is 12.2 Å². The molecule has 0 spiro atoms. The summed E-state index contributed by atoms with van der Waals surface area (Å²) >= 11 is 0. The predicted molar refractivity (Wildman–Crippen MR) is 81.2 cm³/mol. The number of hydrogen-bond donors (Lipinski definition) is 0. The van der Waals surface area contributed by atoms with Crippen molar-refractivity contribution in [2.45, 2.75) is 71.0 Å². The van der Waals surface area contributed by atoms with E-state index in [2.05, 4.69) is 13.8 Å². The first-order chi connectivity index (χ1) is 10.4. The molecule has 0 radical (unpaired) electrons. The van der Waals surface area contributed by atoms with Gasteiger partial charge in [0.2, 0.25) is 0 Å². The fraction of sp³-hybridized carbons (Fsp3) is 0.895. The summed E-state index contributed by atoms with van der Waals surface area (Å²) in [4.78, 5) is 25.5. The highest BCUT2D eigenvalue weighted by Gasteiger charge is 2.66. The zero-order valence-electron chi connectivity index (χ0n) is 13.6. The monoisotopic (exact) mass is 302 g/mol. The van der Waals surface area contributed by atoms with Gasteiger partial charge in [0.25, 0.3) is 0 Å². The van der Waals surface area contributed by atoms with Gasteiger partial charge in [-0.3, -0.25) is 9.59 Å². The second kappa shape index (κ2) is 4.03. The summed E-state index contributed by atoms with van der Waals surface area (Å²) in [5.41, 5.74) is -0.209. The first kappa shape index (κ1) is 13.7. The van der Waals surface area contributed by atoms with Gasteiger partial charge in [0.15, 0.2) is 0 Å². The van der Waals surface area contributed by atoms with Crippen molar-refractivity contribution in [3.05, 3.63) is 0 Å². The molecule has 0 aromatic heterocycles. The third-order valence-corrected chi connectivity index (χ3v) is 8.31. The van der Waals surface area contributed by atoms with E-state index >= 15 is 0 Å². The molecule has 0 aromatic rings. The topological polar surface area (TPSA) is 46.7 Å². The van der Waals surface area contributed by atoms with Crippen LogP contribution in [0.4, 0.5) is 0 Å². The molecule has 0 unspecified atom stereocenters. The first-order valence-electron chi connectivity index (χ1n) is 9.15. The third kappa shape index (κ3) is 1.52. The number of carbonyl (C=O) groups excluding carboxylic acids is 2. The number of ketones is 2. The fourth-order valence-corrected chi connectivity index (χ4v) is 7.12. The molecular formula is C19H26O3. The van der Waals surface area contributed by atoms with Crippen LogP contribution in [0.2, 0.25) is 0 Å². The molecule has 4 saturated carbocycles. The Bertz CT molecular complexity index is 569. The van der Waals surface area contributed by atoms with E-state index in [9.17, 15) is 9.59 Å². The van der Waals surface area contributed by atoms with Crippen LogP contribution in [0.3, 0.4) is 0 Å². The van der Waals surface area contributed by atoms with Crippen LogP contribution in [0, 0.1) is 34.5 Å². The summed E-state index contributed by atoms with van der Waals surface area (Å²) in [6.45, 7) is 4.44. The van der Waals surface area contributed by atoms with E-state index in [1.807, 2.05) is 0 Å². The molecular weight excluding hydrogens is 276 g/mol. The molecule has 0 aromatic carbocycles. The Kier molecular flexibility index (Phi) is 2.51. The molecule has 4 aliphatic carbocycles. The van der Waals surface area contributed by atoms with E-state index in [4.69, 9.17) is 4.74 Å². The van der Waals surface area contributed by atoms with E-state index in [-0.39, 0.29) is 16.7 Å². The van der Waals surface area contributed by atoms with Crippen LogP contribution < -0.4 is 0 Å². The number of epoxide rings is 1. The van der Waals surface area contributed by atoms with Gasteiger partial charge < -0.3 is 4.74 Å². The van der Waals surface area contributed by atoms with Gasteiger partial charge in [-0.25, -0.2) is 0 Å². The molecule has 0 bridgehead atoms. The minimum atomic E-state index is -0.339. The largest absolute Gasteiger partial charge is 0.370 e. The van der Waals surface area contributed by atoms with Gasteiger partial charge >= 0.3 is 0 Å². The van der Waals surface area contributed by atoms with Gasteiger partial charge in [-0.1, -0.05) is 13.8 Å². The lowest BCUT2D eigenvalue weighted by Gasteiger charge is -2.57. The second-order valence-electron chi connectivity index (χ2n) is 9.20. The number of Topliss-reactive ketones (excluding diaryl/α,β-unsaturated/α-hetero) is 2. The van der Waals surface area contributed by atoms with Crippen LogP contribution in [0.5, 0.6) is 0 Å². The normalized spacial score (nSPS) is 59.4. The van der Waals surface area contributed by atoms with Crippen molar-refractivity contribution in [2.75, 3.05) is 0 Å². The highest BCUT2D eigenvalue weighted by atomic mass is 16.6. The summed E-state index contributed by atoms with van der Waals surface area (Å²) in [7, 11) is 0. The van der Waals surface area contributed by atoms with Crippen LogP contribution in [0.15, 0.2) is 0 Å². The summed E-state index contributed by atoms with van der Waals surface area (Å²) in [6, 6.07) is 0. The lowest BCUT2D eigenvalue weighted by atomic mass is 9.45. The summed E-state index contributed by atoms with van der Waals surface area (Å²) in [6.07, 6.45) is 7.77. The van der Waals surface area contributed by atoms with E-state index in [1.54, 1.807) is 0 Å². The summed E-state index contributed by atoms with van der Waals surface area (Å²) in [5, 5.41) is 0. The summed E-state index contributed by atoms with van der Waals surface area (Å²) in [5.74, 6) is 2.51. The van der Waals surface area contributed by atoms with Gasteiger partial charge in [-0.05, 0) is 55.3 Å². The quantitative estimate of drug-likeness (QED) is 0.646. The Hall–Kier alpha value is -0.700. The standard InChI is InChI=1S/C19H26O3/c1-18-9-15-14(22-15)7-10(18)3-4-11-12-5-6-16(21)19(12,2)8-13(20)17(11)18/h10-12,14-15,17H,3-9H2,1-2H3/t10-,11-,12-,14-,15+,17+,18-,19-/m0/s1. The molecule has 22 heavy (non-hydrogen) atoms. The van der Waals surface area contributed by atoms with Crippen molar-refractivity contribution in [3.63, 3.8) is 0 Å². The molecule has 1 saturated heterocycles. The molecule has 3 heteroatoms. The van der Waals surface area contributed by atoms with E-state index in [0.29, 0.717) is 54.4 Å². The van der Waals surface area contributed by atoms with E-state index in [1.165, 1.54) is 12.8 Å². The van der Waals surface area contributed by atoms with E-state index in [0.717, 1.165) is 19.3 Å². The number of hydrogen-bond acceptors (Lipinski definition) is 3. The van der Waals surface area contributed by atoms with Crippen molar-refractivity contribution >= 4 is 11.6 Å². The van der Waals surface area contributed by atoms with Crippen LogP contribution in [-0.4, -0.2) is 23.8 Å². The predicted octanol–water partition coefficient (Wildman–Crippen LogP) is 3.15. The number of carbonyl (C=O) groups is 2. The first-order valence-corrected chi connectivity index (χ1v) is 9.15. The zero-order chi connectivity index (χ0) is 15.3. The van der Waals surface area contributed by atoms with Crippen molar-refractivity contribution in [3.8, 4) is 0 Å². The molecule has 1 heterocycles. The molecule has 0 N–H and O–H groups in total. The van der Waals surface area contributed by atoms with Crippen LogP contribution in [0.1, 0.15) is 58.8 Å². The molecule has 5 fully saturated rings. The highest BCUT2D eigenvalue weighted by Crippen LogP contribution is 2.66. The molecule has 1 aliphatic heterocycles. The number of fused-ring (bicyclic) bond motifs is 6. The SMILES string of the molecule is C[C@]12C[C@H]3O[C@H]3C[C@@H]1CC[C@@H]1[C@@H]2C(=O)C[C@]2(C)C(=O)CC[C@@H]12. The van der Waals surface area contributed by atoms with Crippen LogP contribution >= 0.6 is 0 Å². The number of rotatable bonds is 0. The lowest BCUT2D eigenvalue weighted by Crippen LogP contribution is -2.57. The maximum atomic E-state index is 13.1. The Morgan fingerprint density at radius 2 is 1.91 bits per heavy atom. The Labute approximate surface area is 132 Å². The zero-order valence-corrected chi connectivity index (χ0v) is 13.6. The van der Waals surface area contributed by atoms with Crippen molar-refractivity contribution in [2.24, 2.45) is 34.5 Å². The van der Waals surface area contributed by atoms with Crippen molar-refractivity contribution in [1.82, 2.24) is 0 Å². The maximum absolute atomic E-state index is 13.1. The molecule has 0 amide bonds. The maximum Gasteiger partial charge on any atom is 0.139 e. The Morgan fingerprint density at radius 3 is 2.73 bits per heavy atom. The van der Waals surface area contributed by atoms with Crippen molar-refractivity contribution < 1.29 is 14.3 Å². The fourth-order valence-electron chi connectivity index (χ4n) is 7.12. The second-order valence-corrected chi connectivity index (χ2v) is 9.20. The molecule has 5 rings (SSSR count). The molecule has 3 nitrogen and oxygen atoms in total. The summed E-state index contributed by atoms with van der Waals surface area (Å²) < 4.78 is 5.81. The Morgan fingerprint density at radius 1 is 1.09 bits per heavy atom. The molecule has 120 valence electrons. The molecule has 5 aliphatic rings. The van der Waals surface area contributed by atoms with Gasteiger partial charge in [-0.2, -0.15) is 0 Å². The van der Waals surface area contributed by atoms with E-state index < -0.39 is 0 Å². The number of ether oxygens (including phenoxy) is 1. The van der Waals surface area contributed by atoms with Crippen molar-refractivity contribution in [1.29, 1.82) is 0 Å². The van der Waals surface area contributed by atoms with Gasteiger partial charge in [0.1, 0.15) is 11.6 Å². The van der Waals surface area contributed by atoms with Gasteiger partial charge in [0, 0.05) is 24.2 Å². The smallest absolute Gasteiger partial charge is 0.139 e. The minimum Gasteiger partial charge on any atom is -0.370 e. The minimum absolute atomic E-state index is 0.130. The average molecular weight is 302 g/mol. The van der Waals surface area contributed by atoms with Gasteiger partial charge in [-0.15, -0.1) is 0 Å². The average Bonchev–Trinajstić information content (AvgIpc) is 3.12. The van der Waals surface area contributed by atoms with Crippen LogP contribution in [-0.2, 0) is 14.3 Å². The lowest BCUT2D eigenvalue weighted by molar-refractivity contribution is -0.158. The Balaban J connectivity index is 1.54. The molecule has 8 atom stereocenters. The third-order valence-electron chi connectivity index (χ3n) is 8.31. The highest BCUT2D eigenvalue weighted by molar-refractivity contribution is 5.95. The van der Waals surface area contributed by atoms with Crippen LogP contribution in [0.25, 0.3) is 0 Å².